The fourth-order valence-electron chi connectivity index (χ4n) is 4.86. The fraction of sp³-hybridized carbons (Fsp3) is 0.206. The lowest BCUT2D eigenvalue weighted by Gasteiger charge is -2.11. The molecule has 0 fully saturated rings. The van der Waals surface area contributed by atoms with Crippen molar-refractivity contribution >= 4 is 45.4 Å². The first-order chi connectivity index (χ1) is 20.6. The van der Waals surface area contributed by atoms with E-state index >= 15 is 0 Å². The summed E-state index contributed by atoms with van der Waals surface area (Å²) in [7, 11) is 1.96. The van der Waals surface area contributed by atoms with Crippen LogP contribution in [0, 0.1) is 0 Å². The molecule has 0 unspecified atom stereocenters. The number of benzene rings is 3. The van der Waals surface area contributed by atoms with Gasteiger partial charge in [0.1, 0.15) is 18.8 Å². The molecule has 4 N–H and O–H groups in total. The summed E-state index contributed by atoms with van der Waals surface area (Å²) in [6.07, 6.45) is 14.9. The number of aryl methyl sites for hydroxylation is 2. The van der Waals surface area contributed by atoms with Gasteiger partial charge in [-0.05, 0) is 49.2 Å². The molecule has 2 aromatic heterocycles. The molecule has 8 heteroatoms. The van der Waals surface area contributed by atoms with Crippen molar-refractivity contribution in [2.45, 2.75) is 38.8 Å². The lowest BCUT2D eigenvalue weighted by Crippen LogP contribution is -2.33. The van der Waals surface area contributed by atoms with Crippen molar-refractivity contribution in [2.75, 3.05) is 23.5 Å². The molecular formula is C34H38N8+2. The summed E-state index contributed by atoms with van der Waals surface area (Å²) in [6.45, 7) is 1.96. The summed E-state index contributed by atoms with van der Waals surface area (Å²) >= 11 is 0. The first-order valence-corrected chi connectivity index (χ1v) is 14.4. The maximum Gasteiger partial charge on any atom is 0.196 e. The number of fused-ring (bicyclic) bond motifs is 1. The van der Waals surface area contributed by atoms with E-state index in [1.807, 2.05) is 97.3 Å². The van der Waals surface area contributed by atoms with E-state index in [0.29, 0.717) is 11.4 Å². The number of hydrogen-bond acceptors (Lipinski definition) is 6. The predicted octanol–water partition coefficient (Wildman–Crippen LogP) is 6.73. The van der Waals surface area contributed by atoms with E-state index in [1.54, 1.807) is 0 Å². The molecule has 2 heterocycles. The molecule has 0 atom stereocenters. The molecule has 8 nitrogen and oxygen atoms in total. The molecule has 0 saturated heterocycles. The number of anilines is 3. The Kier molecular flexibility index (Phi) is 9.46. The van der Waals surface area contributed by atoms with Crippen molar-refractivity contribution in [1.82, 2.24) is 0 Å². The minimum atomic E-state index is 0.643. The molecule has 3 aromatic carbocycles. The Hall–Kier alpha value is -5.11. The number of aromatic nitrogens is 2. The fourth-order valence-corrected chi connectivity index (χ4v) is 4.86. The van der Waals surface area contributed by atoms with Gasteiger partial charge in [-0.3, -0.25) is 5.01 Å². The van der Waals surface area contributed by atoms with Crippen LogP contribution in [0.4, 0.5) is 28.4 Å². The van der Waals surface area contributed by atoms with Crippen LogP contribution in [0.2, 0.25) is 0 Å². The van der Waals surface area contributed by atoms with Gasteiger partial charge in [-0.25, -0.2) is 9.13 Å². The van der Waals surface area contributed by atoms with Gasteiger partial charge in [0.25, 0.3) is 0 Å². The minimum Gasteiger partial charge on any atom is -0.398 e. The monoisotopic (exact) mass is 558 g/mol. The highest BCUT2D eigenvalue weighted by atomic mass is 15.4. The zero-order valence-corrected chi connectivity index (χ0v) is 24.1. The van der Waals surface area contributed by atoms with Gasteiger partial charge in [0.15, 0.2) is 24.8 Å². The Morgan fingerprint density at radius 3 is 2.21 bits per heavy atom. The molecule has 0 aliphatic rings. The standard InChI is InChI=1S/C34H38N8/c1-40(29-12-5-4-6-13-29)37-25-27-18-23-41(24-19-27)20-7-2-3-8-21-42-22-10-11-28(26-42)38-39-33-17-16-32(36)34-30(33)14-9-15-31(34)35/h4-6,9-19,22-26H,2-3,7-8,20-21,35-36H2,1H3/q+2/b39-38+. The van der Waals surface area contributed by atoms with E-state index in [1.165, 1.54) is 12.8 Å². The predicted molar refractivity (Wildman–Crippen MR) is 171 cm³/mol. The van der Waals surface area contributed by atoms with Gasteiger partial charge in [0.05, 0.1) is 17.6 Å². The molecule has 0 radical (unpaired) electrons. The van der Waals surface area contributed by atoms with E-state index in [9.17, 15) is 0 Å². The van der Waals surface area contributed by atoms with Gasteiger partial charge in [0.2, 0.25) is 0 Å². The van der Waals surface area contributed by atoms with Crippen molar-refractivity contribution in [3.63, 3.8) is 0 Å². The Morgan fingerprint density at radius 2 is 1.43 bits per heavy atom. The highest BCUT2D eigenvalue weighted by Gasteiger charge is 2.08. The van der Waals surface area contributed by atoms with E-state index < -0.39 is 0 Å². The molecule has 5 aromatic rings. The van der Waals surface area contributed by atoms with Crippen LogP contribution in [0.1, 0.15) is 31.2 Å². The maximum atomic E-state index is 6.14. The van der Waals surface area contributed by atoms with Gasteiger partial charge in [-0.1, -0.05) is 30.3 Å². The lowest BCUT2D eigenvalue weighted by atomic mass is 10.1. The molecule has 0 amide bonds. The summed E-state index contributed by atoms with van der Waals surface area (Å²) < 4.78 is 4.41. The average molecular weight is 559 g/mol. The van der Waals surface area contributed by atoms with Crippen molar-refractivity contribution in [3.8, 4) is 0 Å². The van der Waals surface area contributed by atoms with Crippen LogP contribution in [-0.4, -0.2) is 13.3 Å². The van der Waals surface area contributed by atoms with Gasteiger partial charge in [-0.15, -0.1) is 10.2 Å². The molecule has 0 aliphatic heterocycles. The molecule has 0 aliphatic carbocycles. The summed E-state index contributed by atoms with van der Waals surface area (Å²) in [4.78, 5) is 0. The first kappa shape index (κ1) is 28.4. The smallest absolute Gasteiger partial charge is 0.196 e. The third-order valence-corrected chi connectivity index (χ3v) is 7.21. The van der Waals surface area contributed by atoms with E-state index in [2.05, 4.69) is 55.2 Å². The second-order valence-electron chi connectivity index (χ2n) is 10.3. The van der Waals surface area contributed by atoms with Crippen LogP contribution in [0.5, 0.6) is 0 Å². The molecule has 212 valence electrons. The highest BCUT2D eigenvalue weighted by molar-refractivity contribution is 6.06. The van der Waals surface area contributed by atoms with Crippen LogP contribution in [0.15, 0.2) is 125 Å². The third-order valence-electron chi connectivity index (χ3n) is 7.21. The third kappa shape index (κ3) is 7.54. The Balaban J connectivity index is 1.05. The van der Waals surface area contributed by atoms with Crippen LogP contribution < -0.4 is 25.6 Å². The second kappa shape index (κ2) is 14.0. The number of azo groups is 1. The van der Waals surface area contributed by atoms with Gasteiger partial charge >= 0.3 is 0 Å². The number of pyridine rings is 2. The zero-order valence-electron chi connectivity index (χ0n) is 24.1. The van der Waals surface area contributed by atoms with Gasteiger partial charge in [0, 0.05) is 65.8 Å². The molecule has 0 bridgehead atoms. The molecular weight excluding hydrogens is 520 g/mol. The molecule has 42 heavy (non-hydrogen) atoms. The zero-order chi connectivity index (χ0) is 29.1. The van der Waals surface area contributed by atoms with Crippen LogP contribution in [-0.2, 0) is 13.1 Å². The minimum absolute atomic E-state index is 0.643. The van der Waals surface area contributed by atoms with Crippen LogP contribution in [0.25, 0.3) is 10.8 Å². The Bertz CT molecular complexity index is 1660. The number of para-hydroxylation sites is 1. The van der Waals surface area contributed by atoms with Crippen molar-refractivity contribution in [3.05, 3.63) is 115 Å². The molecule has 0 spiro atoms. The Labute approximate surface area is 247 Å². The van der Waals surface area contributed by atoms with E-state index in [4.69, 9.17) is 11.5 Å². The summed E-state index contributed by atoms with van der Waals surface area (Å²) in [6, 6.07) is 27.7. The quantitative estimate of drug-likeness (QED) is 0.0444. The number of nitrogen functional groups attached to an aromatic ring is 2. The maximum absolute atomic E-state index is 6.14. The largest absolute Gasteiger partial charge is 0.398 e. The van der Waals surface area contributed by atoms with E-state index in [0.717, 1.165) is 59.3 Å². The van der Waals surface area contributed by atoms with Gasteiger partial charge < -0.3 is 11.5 Å². The van der Waals surface area contributed by atoms with Crippen molar-refractivity contribution in [1.29, 1.82) is 0 Å². The Morgan fingerprint density at radius 1 is 0.690 bits per heavy atom. The van der Waals surface area contributed by atoms with Crippen LogP contribution in [0.3, 0.4) is 0 Å². The number of hydrazone groups is 1. The molecule has 0 saturated carbocycles. The summed E-state index contributed by atoms with van der Waals surface area (Å²) in [5.74, 6) is 0. The number of nitrogens with two attached hydrogens (primary N) is 2. The summed E-state index contributed by atoms with van der Waals surface area (Å²) in [5, 5.41) is 17.1. The van der Waals surface area contributed by atoms with Gasteiger partial charge in [-0.2, -0.15) is 5.10 Å². The number of nitrogens with zero attached hydrogens (tertiary/aromatic N) is 6. The summed E-state index contributed by atoms with van der Waals surface area (Å²) in [5.41, 5.74) is 17.3. The highest BCUT2D eigenvalue weighted by Crippen LogP contribution is 2.34. The number of unbranched alkanes of at least 4 members (excludes halogenated alkanes) is 3. The number of rotatable bonds is 12. The van der Waals surface area contributed by atoms with Crippen molar-refractivity contribution in [2.24, 2.45) is 15.3 Å². The average Bonchev–Trinajstić information content (AvgIpc) is 3.02. The van der Waals surface area contributed by atoms with Crippen LogP contribution >= 0.6 is 0 Å². The topological polar surface area (TPSA) is 100 Å². The van der Waals surface area contributed by atoms with E-state index in [-0.39, 0.29) is 0 Å². The van der Waals surface area contributed by atoms with Crippen molar-refractivity contribution < 1.29 is 9.13 Å². The SMILES string of the molecule is CN(/N=C\c1cc[n+](CCCCCC[n+]2cccc(/N=N/c3ccc(N)c4c(N)cccc34)c2)cc1)c1ccccc1. The lowest BCUT2D eigenvalue weighted by molar-refractivity contribution is -0.698. The second-order valence-corrected chi connectivity index (χ2v) is 10.3. The normalized spacial score (nSPS) is 11.5. The molecule has 5 rings (SSSR count). The first-order valence-electron chi connectivity index (χ1n) is 14.4. The number of hydrogen-bond donors (Lipinski definition) is 2.